The Bertz CT molecular complexity index is 3320. The van der Waals surface area contributed by atoms with Gasteiger partial charge in [0.05, 0.1) is 5.56 Å². The Labute approximate surface area is 423 Å². The third kappa shape index (κ3) is 12.7. The quantitative estimate of drug-likeness (QED) is 0.0227. The van der Waals surface area contributed by atoms with Gasteiger partial charge in [-0.25, -0.2) is 9.78 Å². The lowest BCUT2D eigenvalue weighted by atomic mass is 9.90. The summed E-state index contributed by atoms with van der Waals surface area (Å²) in [5.41, 5.74) is 4.19. The first-order valence-corrected chi connectivity index (χ1v) is 24.1. The number of para-hydroxylation sites is 1. The van der Waals surface area contributed by atoms with Gasteiger partial charge in [-0.2, -0.15) is 0 Å². The van der Waals surface area contributed by atoms with Crippen LogP contribution in [-0.2, 0) is 38.4 Å². The van der Waals surface area contributed by atoms with Crippen molar-refractivity contribution in [3.63, 3.8) is 0 Å². The van der Waals surface area contributed by atoms with Crippen molar-refractivity contribution in [1.29, 1.82) is 0 Å². The summed E-state index contributed by atoms with van der Waals surface area (Å²) >= 11 is 5.55. The molecule has 3 heterocycles. The van der Waals surface area contributed by atoms with E-state index in [0.717, 1.165) is 22.0 Å². The normalized spacial score (nSPS) is 12.4. The number of nitrogens with one attached hydrogen (secondary N) is 8. The van der Waals surface area contributed by atoms with Gasteiger partial charge in [0, 0.05) is 103 Å². The van der Waals surface area contributed by atoms with Crippen LogP contribution in [0.4, 0.5) is 5.69 Å². The number of benzene rings is 5. The van der Waals surface area contributed by atoms with E-state index in [9.17, 15) is 39.0 Å². The number of aromatic hydroxyl groups is 1. The zero-order valence-corrected chi connectivity index (χ0v) is 40.4. The maximum atomic E-state index is 14.4. The average Bonchev–Trinajstić information content (AvgIpc) is 4.06. The fourth-order valence-corrected chi connectivity index (χ4v) is 8.94. The Morgan fingerprint density at radius 2 is 1.48 bits per heavy atom. The zero-order chi connectivity index (χ0) is 51.4. The van der Waals surface area contributed by atoms with Crippen molar-refractivity contribution in [3.8, 4) is 28.2 Å². The summed E-state index contributed by atoms with van der Waals surface area (Å²) in [4.78, 5) is 90.2. The van der Waals surface area contributed by atoms with Crippen molar-refractivity contribution in [2.45, 2.75) is 63.1 Å². The molecule has 374 valence electrons. The molecule has 2 aliphatic rings. The van der Waals surface area contributed by atoms with E-state index in [1.165, 1.54) is 37.4 Å². The first-order valence-electron chi connectivity index (χ1n) is 23.6. The van der Waals surface area contributed by atoms with Crippen LogP contribution in [0, 0.1) is 0 Å². The number of thiocarbonyl (C=S) groups is 1. The molecule has 2 aromatic heterocycles. The molecule has 3 atom stereocenters. The first kappa shape index (κ1) is 50.5. The molecule has 4 amide bonds. The van der Waals surface area contributed by atoms with Crippen LogP contribution in [0.2, 0.25) is 0 Å². The predicted molar refractivity (Wildman–Crippen MR) is 280 cm³/mol. The molecule has 0 radical (unpaired) electrons. The standard InChI is InChI=1S/C54H53N9O9S/c1-55-50(67)44(29-47-56-22-23-57-47)63-51(68)42(24-31-10-4-2-5-11-31)62-52(69)43(25-32-30-59-41-13-8-7-12-36(32)41)61-48(66)14-6-3-9-21-58-54(73)60-33-15-18-37(40(26-33)53(70)71)49-38-19-16-34(64)27-45(38)72-46-28-35(65)17-20-39(46)49/h2,4-5,7-8,10-13,15-20,22-23,26-28,30,42-44,59,64H,3,6,9,14,21,24-25,29H2,1H3,(H,55,67)(H,56,57)(H,61,66)(H,62,69)(H,63,68)(H,70,71)(H2,58,60,73). The number of aromatic amines is 2. The minimum atomic E-state index is -1.20. The molecule has 19 heteroatoms. The van der Waals surface area contributed by atoms with E-state index in [0.29, 0.717) is 59.4 Å². The SMILES string of the molecule is CNC(=O)C(Cc1ncc[nH]1)NC(=O)C(Cc1ccccc1)NC(=O)C(Cc1c[nH]c2ccccc12)NC(=O)CCCCCNC(=S)Nc1ccc(-c2c3ccc(=O)cc-3oc3cc(O)ccc23)c(C(=O)O)c1. The smallest absolute Gasteiger partial charge is 0.336 e. The number of likely N-dealkylation sites (N-methyl/N-ethyl adjacent to an activating group) is 1. The summed E-state index contributed by atoms with van der Waals surface area (Å²) in [5, 5.41) is 39.6. The van der Waals surface area contributed by atoms with Gasteiger partial charge in [-0.3, -0.25) is 24.0 Å². The second-order valence-corrected chi connectivity index (χ2v) is 17.8. The Kier molecular flexibility index (Phi) is 16.2. The number of aromatic nitrogens is 3. The number of carbonyl (C=O) groups excluding carboxylic acids is 4. The molecule has 6 aromatic rings. The topological polar surface area (TPSA) is 273 Å². The van der Waals surface area contributed by atoms with E-state index >= 15 is 0 Å². The van der Waals surface area contributed by atoms with Crippen LogP contribution < -0.4 is 37.3 Å². The number of H-pyrrole nitrogens is 2. The molecule has 73 heavy (non-hydrogen) atoms. The van der Waals surface area contributed by atoms with Gasteiger partial charge >= 0.3 is 5.97 Å². The molecule has 0 saturated heterocycles. The minimum Gasteiger partial charge on any atom is -0.508 e. The largest absolute Gasteiger partial charge is 0.508 e. The number of hydrogen-bond acceptors (Lipinski definition) is 10. The van der Waals surface area contributed by atoms with E-state index < -0.39 is 41.8 Å². The van der Waals surface area contributed by atoms with Gasteiger partial charge < -0.3 is 56.5 Å². The van der Waals surface area contributed by atoms with Crippen LogP contribution in [0.1, 0.15) is 53.0 Å². The molecule has 0 bridgehead atoms. The van der Waals surface area contributed by atoms with Gasteiger partial charge in [-0.15, -0.1) is 0 Å². The van der Waals surface area contributed by atoms with Crippen LogP contribution in [0.3, 0.4) is 0 Å². The number of carbonyl (C=O) groups is 5. The third-order valence-corrected chi connectivity index (χ3v) is 12.6. The lowest BCUT2D eigenvalue weighted by Gasteiger charge is -2.25. The van der Waals surface area contributed by atoms with Crippen LogP contribution in [-0.4, -0.2) is 91.6 Å². The third-order valence-electron chi connectivity index (χ3n) is 12.3. The molecule has 0 fully saturated rings. The number of imidazole rings is 1. The fourth-order valence-electron chi connectivity index (χ4n) is 8.72. The number of phenols is 1. The van der Waals surface area contributed by atoms with Crippen molar-refractivity contribution in [1.82, 2.24) is 41.5 Å². The fraction of sp³-hybridized carbons (Fsp3) is 0.222. The van der Waals surface area contributed by atoms with Crippen molar-refractivity contribution in [2.75, 3.05) is 18.9 Å². The summed E-state index contributed by atoms with van der Waals surface area (Å²) < 4.78 is 5.93. The van der Waals surface area contributed by atoms with E-state index in [2.05, 4.69) is 46.9 Å². The van der Waals surface area contributed by atoms with Gasteiger partial charge in [-0.1, -0.05) is 61.0 Å². The number of anilines is 1. The van der Waals surface area contributed by atoms with Gasteiger partial charge in [0.1, 0.15) is 41.0 Å². The molecule has 10 N–H and O–H groups in total. The molecule has 8 rings (SSSR count). The van der Waals surface area contributed by atoms with Crippen molar-refractivity contribution in [2.24, 2.45) is 0 Å². The second kappa shape index (κ2) is 23.4. The molecule has 3 unspecified atom stereocenters. The van der Waals surface area contributed by atoms with Gasteiger partial charge in [-0.05, 0) is 84.2 Å². The number of unbranched alkanes of at least 4 members (excludes halogenated alkanes) is 2. The Morgan fingerprint density at radius 3 is 2.23 bits per heavy atom. The molecule has 1 aliphatic heterocycles. The van der Waals surface area contributed by atoms with Gasteiger partial charge in [0.15, 0.2) is 10.5 Å². The Hall–Kier alpha value is -8.84. The number of carboxylic acid groups (broad SMARTS) is 1. The number of fused-ring (bicyclic) bond motifs is 3. The maximum Gasteiger partial charge on any atom is 0.336 e. The van der Waals surface area contributed by atoms with Crippen LogP contribution in [0.15, 0.2) is 137 Å². The highest BCUT2D eigenvalue weighted by molar-refractivity contribution is 7.80. The molecular formula is C54H53N9O9S. The van der Waals surface area contributed by atoms with E-state index in [-0.39, 0.29) is 64.8 Å². The second-order valence-electron chi connectivity index (χ2n) is 17.4. The lowest BCUT2D eigenvalue weighted by Crippen LogP contribution is -2.58. The summed E-state index contributed by atoms with van der Waals surface area (Å²) in [6.45, 7) is 0.441. The minimum absolute atomic E-state index is 0.0362. The number of hydrogen-bond donors (Lipinski definition) is 10. The Balaban J connectivity index is 0.884. The maximum absolute atomic E-state index is 14.4. The molecule has 0 saturated carbocycles. The number of carboxylic acids is 1. The monoisotopic (exact) mass is 1000 g/mol. The summed E-state index contributed by atoms with van der Waals surface area (Å²) in [5.74, 6) is -2.49. The molecule has 18 nitrogen and oxygen atoms in total. The predicted octanol–water partition coefficient (Wildman–Crippen LogP) is 5.95. The number of rotatable bonds is 21. The summed E-state index contributed by atoms with van der Waals surface area (Å²) in [6, 6.07) is 27.2. The van der Waals surface area contributed by atoms with Crippen LogP contribution in [0.25, 0.3) is 44.3 Å². The van der Waals surface area contributed by atoms with Crippen molar-refractivity contribution >= 4 is 74.5 Å². The van der Waals surface area contributed by atoms with Crippen LogP contribution >= 0.6 is 12.2 Å². The number of amides is 4. The van der Waals surface area contributed by atoms with E-state index in [4.69, 9.17) is 16.6 Å². The molecule has 0 spiro atoms. The zero-order valence-electron chi connectivity index (χ0n) is 39.6. The molecule has 4 aromatic carbocycles. The van der Waals surface area contributed by atoms with Crippen molar-refractivity contribution < 1.29 is 38.6 Å². The number of aromatic carboxylic acids is 1. The highest BCUT2D eigenvalue weighted by Gasteiger charge is 2.31. The highest BCUT2D eigenvalue weighted by Crippen LogP contribution is 2.42. The van der Waals surface area contributed by atoms with E-state index in [1.54, 1.807) is 42.9 Å². The molecule has 1 aliphatic carbocycles. The first-order chi connectivity index (χ1) is 35.3. The number of phenolic OH excluding ortho intramolecular Hbond substituents is 1. The highest BCUT2D eigenvalue weighted by atomic mass is 32.1. The summed E-state index contributed by atoms with van der Waals surface area (Å²) in [6.07, 6.45) is 7.12. The molecular weight excluding hydrogens is 951 g/mol. The van der Waals surface area contributed by atoms with E-state index in [1.807, 2.05) is 54.6 Å². The lowest BCUT2D eigenvalue weighted by molar-refractivity contribution is -0.133. The Morgan fingerprint density at radius 1 is 0.740 bits per heavy atom. The summed E-state index contributed by atoms with van der Waals surface area (Å²) in [7, 11) is 1.47. The number of nitrogens with zero attached hydrogens (tertiary/aromatic N) is 1. The van der Waals surface area contributed by atoms with Gasteiger partial charge in [0.2, 0.25) is 23.6 Å². The van der Waals surface area contributed by atoms with Crippen molar-refractivity contribution in [3.05, 3.63) is 161 Å². The van der Waals surface area contributed by atoms with Gasteiger partial charge in [0.25, 0.3) is 0 Å². The van der Waals surface area contributed by atoms with Crippen LogP contribution in [0.5, 0.6) is 5.75 Å². The average molecular weight is 1000 g/mol.